The third-order valence-corrected chi connectivity index (χ3v) is 3.75. The Balaban J connectivity index is 2.80. The third-order valence-electron chi connectivity index (χ3n) is 1.74. The van der Waals surface area contributed by atoms with Crippen LogP contribution in [0.5, 0.6) is 5.75 Å². The number of ether oxygens (including phenoxy) is 1. The highest BCUT2D eigenvalue weighted by Crippen LogP contribution is 2.25. The van der Waals surface area contributed by atoms with Gasteiger partial charge in [0, 0.05) is 23.0 Å². The summed E-state index contributed by atoms with van der Waals surface area (Å²) in [6, 6.07) is 5.89. The molecule has 0 radical (unpaired) electrons. The van der Waals surface area contributed by atoms with E-state index in [0.29, 0.717) is 5.17 Å². The molecule has 15 heavy (non-hydrogen) atoms. The number of halogens is 2. The fourth-order valence-electron chi connectivity index (χ4n) is 0.892. The van der Waals surface area contributed by atoms with Gasteiger partial charge < -0.3 is 9.64 Å². The van der Waals surface area contributed by atoms with Gasteiger partial charge in [0.1, 0.15) is 5.75 Å². The zero-order valence-corrected chi connectivity index (χ0v) is 13.0. The van der Waals surface area contributed by atoms with Gasteiger partial charge >= 0.3 is 0 Å². The Morgan fingerprint density at radius 2 is 2.20 bits per heavy atom. The van der Waals surface area contributed by atoms with Crippen LogP contribution in [-0.2, 0) is 4.43 Å². The average Bonchev–Trinajstić information content (AvgIpc) is 2.18. The van der Waals surface area contributed by atoms with E-state index in [1.54, 1.807) is 4.90 Å². The van der Waals surface area contributed by atoms with E-state index in [2.05, 4.69) is 38.5 Å². The van der Waals surface area contributed by atoms with Crippen LogP contribution in [0.1, 0.15) is 5.56 Å². The number of alkyl halides is 1. The van der Waals surface area contributed by atoms with Gasteiger partial charge in [0.2, 0.25) is 0 Å². The first kappa shape index (κ1) is 13.2. The van der Waals surface area contributed by atoms with E-state index in [-0.39, 0.29) is 0 Å². The van der Waals surface area contributed by atoms with Crippen LogP contribution in [0.4, 0.5) is 0 Å². The van der Waals surface area contributed by atoms with E-state index in [0.717, 1.165) is 14.6 Å². The molecule has 0 saturated carbocycles. The molecule has 1 aromatic carbocycles. The molecule has 0 aliphatic carbocycles. The van der Waals surface area contributed by atoms with Gasteiger partial charge in [-0.05, 0) is 29.9 Å². The predicted octanol–water partition coefficient (Wildman–Crippen LogP) is 3.61. The van der Waals surface area contributed by atoms with E-state index < -0.39 is 0 Å². The Labute approximate surface area is 117 Å². The van der Waals surface area contributed by atoms with Crippen LogP contribution in [0.15, 0.2) is 22.7 Å². The van der Waals surface area contributed by atoms with Crippen molar-refractivity contribution >= 4 is 55.9 Å². The Morgan fingerprint density at radius 1 is 1.53 bits per heavy atom. The second kappa shape index (κ2) is 6.00. The minimum atomic E-state index is 0.462. The van der Waals surface area contributed by atoms with Crippen LogP contribution in [-0.4, -0.2) is 24.2 Å². The van der Waals surface area contributed by atoms with E-state index >= 15 is 0 Å². The summed E-state index contributed by atoms with van der Waals surface area (Å²) in [5, 5.41) is 0.462. The summed E-state index contributed by atoms with van der Waals surface area (Å²) in [5.41, 5.74) is 1.25. The molecule has 0 heterocycles. The highest BCUT2D eigenvalue weighted by atomic mass is 127. The first-order chi connectivity index (χ1) is 7.04. The van der Waals surface area contributed by atoms with Crippen LogP contribution in [0.3, 0.4) is 0 Å². The quantitative estimate of drug-likeness (QED) is 0.428. The molecule has 0 aliphatic heterocycles. The van der Waals surface area contributed by atoms with Crippen LogP contribution < -0.4 is 4.74 Å². The van der Waals surface area contributed by atoms with Crippen LogP contribution in [0.2, 0.25) is 0 Å². The van der Waals surface area contributed by atoms with Crippen LogP contribution in [0.25, 0.3) is 0 Å². The lowest BCUT2D eigenvalue weighted by atomic mass is 10.2. The number of hydrogen-bond donors (Lipinski definition) is 0. The standard InChI is InChI=1S/C10H11BrINOS/c1-13(2)10(15)14-8-4-3-7(6-12)9(11)5-8/h3-5H,6H2,1-2H3. The van der Waals surface area contributed by atoms with E-state index in [1.165, 1.54) is 5.56 Å². The van der Waals surface area contributed by atoms with Crippen molar-refractivity contribution in [3.63, 3.8) is 0 Å². The van der Waals surface area contributed by atoms with Crippen molar-refractivity contribution in [3.8, 4) is 5.75 Å². The molecular weight excluding hydrogens is 389 g/mol. The molecule has 1 rings (SSSR count). The van der Waals surface area contributed by atoms with Crippen molar-refractivity contribution in [2.45, 2.75) is 4.43 Å². The molecule has 0 fully saturated rings. The second-order valence-electron chi connectivity index (χ2n) is 3.15. The molecule has 0 spiro atoms. The summed E-state index contributed by atoms with van der Waals surface area (Å²) in [7, 11) is 3.72. The molecule has 0 atom stereocenters. The lowest BCUT2D eigenvalue weighted by Crippen LogP contribution is -2.24. The summed E-state index contributed by atoms with van der Waals surface area (Å²) in [5.74, 6) is 0.758. The van der Waals surface area contributed by atoms with E-state index in [4.69, 9.17) is 17.0 Å². The lowest BCUT2D eigenvalue weighted by Gasteiger charge is -2.14. The maximum Gasteiger partial charge on any atom is 0.264 e. The molecule has 0 aliphatic rings. The summed E-state index contributed by atoms with van der Waals surface area (Å²) >= 11 is 10.9. The molecule has 0 N–H and O–H groups in total. The van der Waals surface area contributed by atoms with Gasteiger partial charge in [-0.2, -0.15) is 0 Å². The Hall–Kier alpha value is 0.120. The minimum Gasteiger partial charge on any atom is -0.432 e. The Morgan fingerprint density at radius 3 is 2.67 bits per heavy atom. The average molecular weight is 400 g/mol. The molecule has 1 aromatic rings. The first-order valence-electron chi connectivity index (χ1n) is 4.28. The van der Waals surface area contributed by atoms with Crippen LogP contribution in [0, 0.1) is 0 Å². The normalized spacial score (nSPS) is 9.87. The summed E-state index contributed by atoms with van der Waals surface area (Å²) in [6.45, 7) is 0. The molecule has 0 amide bonds. The zero-order chi connectivity index (χ0) is 11.4. The van der Waals surface area contributed by atoms with Crippen molar-refractivity contribution < 1.29 is 4.74 Å². The molecule has 0 unspecified atom stereocenters. The van der Waals surface area contributed by atoms with Crippen molar-refractivity contribution in [1.29, 1.82) is 0 Å². The van der Waals surface area contributed by atoms with E-state index in [1.807, 2.05) is 32.3 Å². The summed E-state index contributed by atoms with van der Waals surface area (Å²) in [6.07, 6.45) is 0. The number of benzene rings is 1. The van der Waals surface area contributed by atoms with Gasteiger partial charge in [0.05, 0.1) is 0 Å². The van der Waals surface area contributed by atoms with Gasteiger partial charge in [0.15, 0.2) is 0 Å². The molecule has 0 aromatic heterocycles. The Kier molecular flexibility index (Phi) is 5.28. The minimum absolute atomic E-state index is 0.462. The lowest BCUT2D eigenvalue weighted by molar-refractivity contribution is 0.449. The number of nitrogens with zero attached hydrogens (tertiary/aromatic N) is 1. The first-order valence-corrected chi connectivity index (χ1v) is 7.01. The summed E-state index contributed by atoms with van der Waals surface area (Å²) < 4.78 is 7.50. The van der Waals surface area contributed by atoms with Crippen molar-refractivity contribution in [2.75, 3.05) is 14.1 Å². The van der Waals surface area contributed by atoms with Crippen molar-refractivity contribution in [2.24, 2.45) is 0 Å². The summed E-state index contributed by atoms with van der Waals surface area (Å²) in [4.78, 5) is 1.76. The molecular formula is C10H11BrINOS. The predicted molar refractivity (Wildman–Crippen MR) is 78.8 cm³/mol. The molecule has 5 heteroatoms. The molecule has 2 nitrogen and oxygen atoms in total. The Bertz CT molecular complexity index is 370. The van der Waals surface area contributed by atoms with Gasteiger partial charge in [0.25, 0.3) is 5.17 Å². The third kappa shape index (κ3) is 3.88. The zero-order valence-electron chi connectivity index (χ0n) is 8.46. The maximum absolute atomic E-state index is 5.48. The second-order valence-corrected chi connectivity index (χ2v) is 5.12. The molecule has 82 valence electrons. The fourth-order valence-corrected chi connectivity index (χ4v) is 2.68. The number of hydrogen-bond acceptors (Lipinski definition) is 2. The van der Waals surface area contributed by atoms with Gasteiger partial charge in [-0.25, -0.2) is 0 Å². The number of thiocarbonyl (C=S) groups is 1. The van der Waals surface area contributed by atoms with Crippen molar-refractivity contribution in [1.82, 2.24) is 4.90 Å². The van der Waals surface area contributed by atoms with Crippen molar-refractivity contribution in [3.05, 3.63) is 28.2 Å². The monoisotopic (exact) mass is 399 g/mol. The van der Waals surface area contributed by atoms with Gasteiger partial charge in [-0.3, -0.25) is 0 Å². The molecule has 0 saturated heterocycles. The van der Waals surface area contributed by atoms with Gasteiger partial charge in [-0.1, -0.05) is 44.6 Å². The largest absolute Gasteiger partial charge is 0.432 e. The van der Waals surface area contributed by atoms with Crippen LogP contribution >= 0.6 is 50.7 Å². The van der Waals surface area contributed by atoms with E-state index in [9.17, 15) is 0 Å². The fraction of sp³-hybridized carbons (Fsp3) is 0.300. The maximum atomic E-state index is 5.48. The smallest absolute Gasteiger partial charge is 0.264 e. The topological polar surface area (TPSA) is 12.5 Å². The van der Waals surface area contributed by atoms with Gasteiger partial charge in [-0.15, -0.1) is 0 Å². The number of rotatable bonds is 2. The SMILES string of the molecule is CN(C)C(=S)Oc1ccc(CI)c(Br)c1. The highest BCUT2D eigenvalue weighted by molar-refractivity contribution is 14.1. The molecule has 0 bridgehead atoms. The highest BCUT2D eigenvalue weighted by Gasteiger charge is 2.05.